The molecular formula is C27H27N5O4S3. The van der Waals surface area contributed by atoms with E-state index < -0.39 is 15.9 Å². The quantitative estimate of drug-likeness (QED) is 0.156. The standard InChI is InChI=1S/C27H27N5O4S3/c1-17-11-12-21(20(15-17)23(33)18-7-5-6-8-18)30-25(34)32-26-31-22(16-37-19-9-3-2-4-10-19)24(38-26)39(35,36)27-28-13-14-29-27/h2-4,9-15,18H,5-8,16H2,1H3,(H,28,29)(H2,30,31,32,34). The minimum absolute atomic E-state index is 0.00335. The third kappa shape index (κ3) is 6.23. The van der Waals surface area contributed by atoms with Gasteiger partial charge < -0.3 is 10.3 Å². The molecule has 0 atom stereocenters. The number of aromatic amines is 1. The van der Waals surface area contributed by atoms with Crippen LogP contribution in [0.1, 0.15) is 47.3 Å². The Hall–Kier alpha value is -3.48. The maximum Gasteiger partial charge on any atom is 0.325 e. The fourth-order valence-corrected chi connectivity index (χ4v) is 8.17. The summed E-state index contributed by atoms with van der Waals surface area (Å²) in [6, 6.07) is 14.3. The van der Waals surface area contributed by atoms with Gasteiger partial charge in [0.05, 0.1) is 11.4 Å². The van der Waals surface area contributed by atoms with Crippen molar-refractivity contribution in [1.29, 1.82) is 0 Å². The smallest absolute Gasteiger partial charge is 0.325 e. The fourth-order valence-electron chi connectivity index (χ4n) is 4.48. The van der Waals surface area contributed by atoms with Crippen LogP contribution in [-0.4, -0.2) is 35.2 Å². The first-order valence-corrected chi connectivity index (χ1v) is 15.7. The van der Waals surface area contributed by atoms with Crippen molar-refractivity contribution >= 4 is 55.6 Å². The minimum Gasteiger partial charge on any atom is -0.335 e. The number of amides is 2. The van der Waals surface area contributed by atoms with E-state index in [9.17, 15) is 18.0 Å². The molecule has 39 heavy (non-hydrogen) atoms. The highest BCUT2D eigenvalue weighted by Gasteiger charge is 2.29. The molecular weight excluding hydrogens is 555 g/mol. The first-order chi connectivity index (χ1) is 18.8. The highest BCUT2D eigenvalue weighted by atomic mass is 32.2. The Morgan fingerprint density at radius 1 is 1.10 bits per heavy atom. The van der Waals surface area contributed by atoms with Crippen LogP contribution < -0.4 is 10.6 Å². The largest absolute Gasteiger partial charge is 0.335 e. The lowest BCUT2D eigenvalue weighted by atomic mass is 9.94. The number of hydrogen-bond acceptors (Lipinski definition) is 8. The van der Waals surface area contributed by atoms with Crippen LogP contribution in [-0.2, 0) is 15.6 Å². The van der Waals surface area contributed by atoms with Gasteiger partial charge in [-0.3, -0.25) is 10.1 Å². The van der Waals surface area contributed by atoms with Crippen LogP contribution in [0.25, 0.3) is 0 Å². The SMILES string of the molecule is Cc1ccc(NC(=O)Nc2nc(CSc3ccccc3)c(S(=O)(=O)c3ncc[nH]3)s2)c(C(=O)C2CCCC2)c1. The van der Waals surface area contributed by atoms with Crippen molar-refractivity contribution in [3.8, 4) is 0 Å². The Balaban J connectivity index is 1.38. The van der Waals surface area contributed by atoms with Gasteiger partial charge in [0.1, 0.15) is 0 Å². The Kier molecular flexibility index (Phi) is 8.15. The molecule has 9 nitrogen and oxygen atoms in total. The maximum atomic E-state index is 13.3. The number of H-pyrrole nitrogens is 1. The van der Waals surface area contributed by atoms with Crippen LogP contribution in [0.2, 0.25) is 0 Å². The molecule has 0 spiro atoms. The molecule has 5 rings (SSSR count). The highest BCUT2D eigenvalue weighted by Crippen LogP contribution is 2.35. The summed E-state index contributed by atoms with van der Waals surface area (Å²) in [6.45, 7) is 1.90. The van der Waals surface area contributed by atoms with Crippen molar-refractivity contribution in [3.05, 3.63) is 77.7 Å². The Bertz CT molecular complexity index is 1580. The van der Waals surface area contributed by atoms with Crippen LogP contribution in [0.5, 0.6) is 0 Å². The van der Waals surface area contributed by atoms with E-state index in [0.717, 1.165) is 47.5 Å². The van der Waals surface area contributed by atoms with Gasteiger partial charge >= 0.3 is 6.03 Å². The van der Waals surface area contributed by atoms with Crippen LogP contribution in [0.4, 0.5) is 15.6 Å². The van der Waals surface area contributed by atoms with Gasteiger partial charge in [-0.25, -0.2) is 23.2 Å². The number of nitrogens with one attached hydrogen (secondary N) is 3. The van der Waals surface area contributed by atoms with Crippen LogP contribution in [0.15, 0.2) is 75.2 Å². The second kappa shape index (κ2) is 11.7. The first kappa shape index (κ1) is 27.1. The zero-order chi connectivity index (χ0) is 27.4. The summed E-state index contributed by atoms with van der Waals surface area (Å²) in [5.41, 5.74) is 2.13. The van der Waals surface area contributed by atoms with Gasteiger partial charge in [0, 0.05) is 34.5 Å². The second-order valence-electron chi connectivity index (χ2n) is 9.23. The summed E-state index contributed by atoms with van der Waals surface area (Å²) in [7, 11) is -3.98. The lowest BCUT2D eigenvalue weighted by molar-refractivity contribution is 0.0923. The van der Waals surface area contributed by atoms with E-state index in [1.54, 1.807) is 12.1 Å². The number of nitrogens with zero attached hydrogens (tertiary/aromatic N) is 2. The van der Waals surface area contributed by atoms with Crippen LogP contribution in [0.3, 0.4) is 0 Å². The molecule has 202 valence electrons. The van der Waals surface area contributed by atoms with Crippen molar-refractivity contribution < 1.29 is 18.0 Å². The first-order valence-electron chi connectivity index (χ1n) is 12.5. The van der Waals surface area contributed by atoms with Gasteiger partial charge in [0.15, 0.2) is 15.1 Å². The molecule has 0 unspecified atom stereocenters. The number of Topliss-reactive ketones (excluding diaryl/α,β-unsaturated/α-hetero) is 1. The Labute approximate surface area is 234 Å². The van der Waals surface area contributed by atoms with Gasteiger partial charge in [0.2, 0.25) is 5.16 Å². The molecule has 3 N–H and O–H groups in total. The third-order valence-corrected chi connectivity index (χ3v) is 10.6. The molecule has 1 fully saturated rings. The number of anilines is 2. The lowest BCUT2D eigenvalue weighted by Gasteiger charge is -2.14. The molecule has 2 amide bonds. The second-order valence-corrected chi connectivity index (χ2v) is 13.3. The molecule has 0 aliphatic heterocycles. The summed E-state index contributed by atoms with van der Waals surface area (Å²) < 4.78 is 26.6. The van der Waals surface area contributed by atoms with Crippen molar-refractivity contribution in [1.82, 2.24) is 15.0 Å². The third-order valence-electron chi connectivity index (χ3n) is 6.39. The number of aromatic nitrogens is 3. The Morgan fingerprint density at radius 2 is 1.87 bits per heavy atom. The molecule has 1 aliphatic rings. The number of carbonyl (C=O) groups excluding carboxylic acids is 2. The number of hydrogen-bond donors (Lipinski definition) is 3. The number of imidazole rings is 1. The predicted octanol–water partition coefficient (Wildman–Crippen LogP) is 6.32. The van der Waals surface area contributed by atoms with Gasteiger partial charge in [-0.15, -0.1) is 11.8 Å². The molecule has 1 saturated carbocycles. The normalized spacial score (nSPS) is 13.9. The zero-order valence-electron chi connectivity index (χ0n) is 21.1. The summed E-state index contributed by atoms with van der Waals surface area (Å²) in [5.74, 6) is 0.276. The number of urea groups is 1. The molecule has 0 bridgehead atoms. The van der Waals surface area contributed by atoms with Crippen LogP contribution >= 0.6 is 23.1 Å². The van der Waals surface area contributed by atoms with Crippen molar-refractivity contribution in [2.45, 2.75) is 52.6 Å². The van der Waals surface area contributed by atoms with Crippen LogP contribution in [0, 0.1) is 12.8 Å². The average Bonchev–Trinajstić information content (AvgIpc) is 3.71. The van der Waals surface area contributed by atoms with E-state index in [1.165, 1.54) is 24.2 Å². The number of thiazole rings is 1. The molecule has 2 heterocycles. The van der Waals surface area contributed by atoms with E-state index in [-0.39, 0.29) is 32.0 Å². The van der Waals surface area contributed by atoms with E-state index in [4.69, 9.17) is 0 Å². The maximum absolute atomic E-state index is 13.3. The van der Waals surface area contributed by atoms with Gasteiger partial charge in [-0.05, 0) is 44.0 Å². The van der Waals surface area contributed by atoms with Crippen molar-refractivity contribution in [3.63, 3.8) is 0 Å². The van der Waals surface area contributed by atoms with Gasteiger partial charge in [-0.2, -0.15) is 0 Å². The van der Waals surface area contributed by atoms with E-state index >= 15 is 0 Å². The molecule has 4 aromatic rings. The summed E-state index contributed by atoms with van der Waals surface area (Å²) in [6.07, 6.45) is 6.58. The van der Waals surface area contributed by atoms with Crippen molar-refractivity contribution in [2.75, 3.05) is 10.6 Å². The molecule has 1 aliphatic carbocycles. The summed E-state index contributed by atoms with van der Waals surface area (Å²) in [5, 5.41) is 5.36. The molecule has 0 radical (unpaired) electrons. The number of aryl methyl sites for hydroxylation is 1. The minimum atomic E-state index is -3.98. The number of sulfone groups is 1. The van der Waals surface area contributed by atoms with E-state index in [0.29, 0.717) is 16.9 Å². The molecule has 0 saturated heterocycles. The fraction of sp³-hybridized carbons (Fsp3) is 0.259. The zero-order valence-corrected chi connectivity index (χ0v) is 23.6. The molecule has 2 aromatic carbocycles. The summed E-state index contributed by atoms with van der Waals surface area (Å²) >= 11 is 2.30. The Morgan fingerprint density at radius 3 is 2.59 bits per heavy atom. The van der Waals surface area contributed by atoms with E-state index in [2.05, 4.69) is 25.6 Å². The number of ketones is 1. The number of benzene rings is 2. The molecule has 12 heteroatoms. The van der Waals surface area contributed by atoms with Crippen molar-refractivity contribution in [2.24, 2.45) is 5.92 Å². The number of carbonyl (C=O) groups is 2. The average molecular weight is 582 g/mol. The topological polar surface area (TPSA) is 134 Å². The van der Waals surface area contributed by atoms with E-state index in [1.807, 2.05) is 43.3 Å². The predicted molar refractivity (Wildman–Crippen MR) is 152 cm³/mol. The molecule has 2 aromatic heterocycles. The number of thioether (sulfide) groups is 1. The van der Waals surface area contributed by atoms with Gasteiger partial charge in [0.25, 0.3) is 9.84 Å². The summed E-state index contributed by atoms with van der Waals surface area (Å²) in [4.78, 5) is 38.1. The highest BCUT2D eigenvalue weighted by molar-refractivity contribution is 7.98. The lowest BCUT2D eigenvalue weighted by Crippen LogP contribution is -2.22. The monoisotopic (exact) mass is 581 g/mol. The number of rotatable bonds is 9. The van der Waals surface area contributed by atoms with Gasteiger partial charge in [-0.1, -0.05) is 54.0 Å².